The molecule has 0 radical (unpaired) electrons. The van der Waals surface area contributed by atoms with E-state index in [1.165, 1.54) is 12.1 Å². The fourth-order valence-corrected chi connectivity index (χ4v) is 3.32. The van der Waals surface area contributed by atoms with Crippen LogP contribution in [0.4, 0.5) is 4.39 Å². The molecule has 4 aromatic rings. The quantitative estimate of drug-likeness (QED) is 0.445. The van der Waals surface area contributed by atoms with Crippen LogP contribution >= 0.6 is 0 Å². The molecule has 3 heterocycles. The number of methoxy groups -OCH3 is 1. The number of ether oxygens (including phenoxy) is 1. The van der Waals surface area contributed by atoms with Gasteiger partial charge in [0.05, 0.1) is 24.2 Å². The molecule has 0 aliphatic heterocycles. The predicted molar refractivity (Wildman–Crippen MR) is 115 cm³/mol. The second kappa shape index (κ2) is 9.38. The summed E-state index contributed by atoms with van der Waals surface area (Å²) in [4.78, 5) is 22.3. The topological polar surface area (TPSA) is 73.7 Å². The maximum Gasteiger partial charge on any atom is 0.212 e. The van der Waals surface area contributed by atoms with Crippen LogP contribution < -0.4 is 4.74 Å². The number of pyridine rings is 1. The maximum absolute atomic E-state index is 13.3. The van der Waals surface area contributed by atoms with Crippen molar-refractivity contribution in [3.8, 4) is 17.1 Å². The molecule has 0 fully saturated rings. The largest absolute Gasteiger partial charge is 0.481 e. The van der Waals surface area contributed by atoms with Gasteiger partial charge >= 0.3 is 0 Å². The lowest BCUT2D eigenvalue weighted by Crippen LogP contribution is -2.07. The Labute approximate surface area is 180 Å². The highest BCUT2D eigenvalue weighted by Gasteiger charge is 2.13. The molecule has 0 aliphatic rings. The van der Waals surface area contributed by atoms with Gasteiger partial charge in [-0.3, -0.25) is 9.97 Å². The van der Waals surface area contributed by atoms with Crippen molar-refractivity contribution in [2.45, 2.75) is 25.7 Å². The first-order valence-electron chi connectivity index (χ1n) is 9.98. The Hall–Kier alpha value is -3.74. The van der Waals surface area contributed by atoms with Crippen LogP contribution in [-0.2, 0) is 12.8 Å². The molecule has 0 aliphatic carbocycles. The summed E-state index contributed by atoms with van der Waals surface area (Å²) in [6.07, 6.45) is 7.95. The van der Waals surface area contributed by atoms with Gasteiger partial charge in [0, 0.05) is 49.3 Å². The second-order valence-corrected chi connectivity index (χ2v) is 7.28. The predicted octanol–water partition coefficient (Wildman–Crippen LogP) is 4.41. The van der Waals surface area contributed by atoms with Crippen LogP contribution in [0.3, 0.4) is 0 Å². The second-order valence-electron chi connectivity index (χ2n) is 7.28. The Morgan fingerprint density at radius 2 is 1.77 bits per heavy atom. The molecule has 4 rings (SSSR count). The van der Waals surface area contributed by atoms with E-state index in [-0.39, 0.29) is 11.7 Å². The van der Waals surface area contributed by atoms with Gasteiger partial charge in [0.1, 0.15) is 11.6 Å². The summed E-state index contributed by atoms with van der Waals surface area (Å²) >= 11 is 0. The lowest BCUT2D eigenvalue weighted by atomic mass is 9.97. The van der Waals surface area contributed by atoms with E-state index in [4.69, 9.17) is 14.7 Å². The summed E-state index contributed by atoms with van der Waals surface area (Å²) in [7, 11) is 1.58. The van der Waals surface area contributed by atoms with Gasteiger partial charge < -0.3 is 4.74 Å². The summed E-state index contributed by atoms with van der Waals surface area (Å²) in [5.74, 6) is 1.15. The summed E-state index contributed by atoms with van der Waals surface area (Å²) in [5, 5.41) is 0. The van der Waals surface area contributed by atoms with Crippen molar-refractivity contribution in [3.05, 3.63) is 95.8 Å². The zero-order chi connectivity index (χ0) is 21.6. The maximum atomic E-state index is 13.3. The number of benzene rings is 1. The van der Waals surface area contributed by atoms with Crippen molar-refractivity contribution in [2.24, 2.45) is 0 Å². The SMILES string of the molecule is COc1ccc(-c2cc(Cc3cnccn3)nc(C[C@@H](C)c3ccc(F)cc3)n2)cn1. The molecule has 0 unspecified atom stereocenters. The monoisotopic (exact) mass is 415 g/mol. The van der Waals surface area contributed by atoms with Crippen molar-refractivity contribution in [1.82, 2.24) is 24.9 Å². The Morgan fingerprint density at radius 3 is 2.45 bits per heavy atom. The van der Waals surface area contributed by atoms with Crippen LogP contribution in [0.2, 0.25) is 0 Å². The Bertz CT molecular complexity index is 1130. The fourth-order valence-electron chi connectivity index (χ4n) is 3.32. The molecule has 0 bridgehead atoms. The number of rotatable bonds is 7. The average Bonchev–Trinajstić information content (AvgIpc) is 2.80. The highest BCUT2D eigenvalue weighted by Crippen LogP contribution is 2.24. The molecule has 156 valence electrons. The van der Waals surface area contributed by atoms with Crippen molar-refractivity contribution in [3.63, 3.8) is 0 Å². The lowest BCUT2D eigenvalue weighted by Gasteiger charge is -2.13. The van der Waals surface area contributed by atoms with E-state index in [1.807, 2.05) is 12.1 Å². The molecule has 0 amide bonds. The zero-order valence-electron chi connectivity index (χ0n) is 17.4. The van der Waals surface area contributed by atoms with Gasteiger partial charge in [-0.25, -0.2) is 19.3 Å². The minimum Gasteiger partial charge on any atom is -0.481 e. The van der Waals surface area contributed by atoms with Gasteiger partial charge in [-0.2, -0.15) is 0 Å². The molecular weight excluding hydrogens is 393 g/mol. The van der Waals surface area contributed by atoms with E-state index in [2.05, 4.69) is 21.9 Å². The average molecular weight is 415 g/mol. The summed E-state index contributed by atoms with van der Waals surface area (Å²) in [6, 6.07) is 12.2. The van der Waals surface area contributed by atoms with Crippen molar-refractivity contribution < 1.29 is 9.13 Å². The molecule has 6 nitrogen and oxygen atoms in total. The van der Waals surface area contributed by atoms with Crippen molar-refractivity contribution >= 4 is 0 Å². The number of hydrogen-bond acceptors (Lipinski definition) is 6. The van der Waals surface area contributed by atoms with Gasteiger partial charge in [0.2, 0.25) is 5.88 Å². The van der Waals surface area contributed by atoms with Crippen LogP contribution in [0.5, 0.6) is 5.88 Å². The standard InChI is InChI=1S/C24H22FN5O/c1-16(17-3-6-19(25)7-4-17)11-23-29-20(12-21-15-26-9-10-27-21)13-22(30-23)18-5-8-24(31-2)28-14-18/h3-10,13-16H,11-12H2,1-2H3/t16-/m1/s1. The van der Waals surface area contributed by atoms with Crippen LogP contribution in [0, 0.1) is 5.82 Å². The van der Waals surface area contributed by atoms with Crippen LogP contribution in [-0.4, -0.2) is 32.0 Å². The minimum atomic E-state index is -0.243. The van der Waals surface area contributed by atoms with Gasteiger partial charge in [0.25, 0.3) is 0 Å². The molecule has 1 aromatic carbocycles. The Kier molecular flexibility index (Phi) is 6.21. The number of halogens is 1. The summed E-state index contributed by atoms with van der Waals surface area (Å²) in [5.41, 5.74) is 4.38. The van der Waals surface area contributed by atoms with Crippen molar-refractivity contribution in [2.75, 3.05) is 7.11 Å². The zero-order valence-corrected chi connectivity index (χ0v) is 17.4. The van der Waals surface area contributed by atoms with Crippen LogP contribution in [0.25, 0.3) is 11.3 Å². The van der Waals surface area contributed by atoms with E-state index >= 15 is 0 Å². The van der Waals surface area contributed by atoms with Gasteiger partial charge in [-0.15, -0.1) is 0 Å². The third-order valence-electron chi connectivity index (χ3n) is 4.97. The van der Waals surface area contributed by atoms with E-state index in [1.54, 1.807) is 50.1 Å². The smallest absolute Gasteiger partial charge is 0.212 e. The van der Waals surface area contributed by atoms with Gasteiger partial charge in [-0.1, -0.05) is 19.1 Å². The van der Waals surface area contributed by atoms with E-state index in [0.29, 0.717) is 24.5 Å². The van der Waals surface area contributed by atoms with Crippen LogP contribution in [0.1, 0.15) is 35.6 Å². The van der Waals surface area contributed by atoms with Crippen molar-refractivity contribution in [1.29, 1.82) is 0 Å². The first kappa shape index (κ1) is 20.5. The normalized spacial score (nSPS) is 11.8. The van der Waals surface area contributed by atoms with Crippen LogP contribution in [0.15, 0.2) is 67.3 Å². The lowest BCUT2D eigenvalue weighted by molar-refractivity contribution is 0.398. The molecule has 0 spiro atoms. The Morgan fingerprint density at radius 1 is 0.935 bits per heavy atom. The first-order valence-corrected chi connectivity index (χ1v) is 9.98. The molecule has 0 N–H and O–H groups in total. The van der Waals surface area contributed by atoms with E-state index < -0.39 is 0 Å². The fraction of sp³-hybridized carbons (Fsp3) is 0.208. The third kappa shape index (κ3) is 5.25. The van der Waals surface area contributed by atoms with E-state index in [9.17, 15) is 4.39 Å². The molecule has 0 saturated heterocycles. The molecule has 3 aromatic heterocycles. The summed E-state index contributed by atoms with van der Waals surface area (Å²) < 4.78 is 18.4. The Balaban J connectivity index is 1.67. The third-order valence-corrected chi connectivity index (χ3v) is 4.97. The number of aromatic nitrogens is 5. The number of hydrogen-bond donors (Lipinski definition) is 0. The molecule has 31 heavy (non-hydrogen) atoms. The molecule has 1 atom stereocenters. The first-order chi connectivity index (χ1) is 15.1. The number of nitrogens with zero attached hydrogens (tertiary/aromatic N) is 5. The highest BCUT2D eigenvalue weighted by atomic mass is 19.1. The molecular formula is C24H22FN5O. The van der Waals surface area contributed by atoms with Gasteiger partial charge in [0.15, 0.2) is 0 Å². The molecule has 7 heteroatoms. The van der Waals surface area contributed by atoms with Gasteiger partial charge in [-0.05, 0) is 35.7 Å². The molecule has 0 saturated carbocycles. The summed E-state index contributed by atoms with van der Waals surface area (Å²) in [6.45, 7) is 2.08. The minimum absolute atomic E-state index is 0.134. The highest BCUT2D eigenvalue weighted by molar-refractivity contribution is 5.58. The van der Waals surface area contributed by atoms with E-state index in [0.717, 1.165) is 28.2 Å².